The molecule has 0 saturated carbocycles. The van der Waals surface area contributed by atoms with Crippen LogP contribution < -0.4 is 0 Å². The molecule has 1 unspecified atom stereocenters. The van der Waals surface area contributed by atoms with E-state index in [1.54, 1.807) is 6.92 Å². The lowest BCUT2D eigenvalue weighted by atomic mass is 9.95. The Morgan fingerprint density at radius 2 is 2.23 bits per heavy atom. The van der Waals surface area contributed by atoms with E-state index in [1.165, 1.54) is 11.8 Å². The van der Waals surface area contributed by atoms with Crippen molar-refractivity contribution in [3.63, 3.8) is 0 Å². The first kappa shape index (κ1) is 15.2. The van der Waals surface area contributed by atoms with Gasteiger partial charge < -0.3 is 9.64 Å². The van der Waals surface area contributed by atoms with Gasteiger partial charge in [0.15, 0.2) is 5.17 Å². The molecule has 0 spiro atoms. The monoisotopic (exact) mass is 334 g/mol. The van der Waals surface area contributed by atoms with Gasteiger partial charge in [-0.1, -0.05) is 41.6 Å². The topological polar surface area (TPSA) is 41.9 Å². The van der Waals surface area contributed by atoms with E-state index < -0.39 is 0 Å². The summed E-state index contributed by atoms with van der Waals surface area (Å²) in [7, 11) is 0. The van der Waals surface area contributed by atoms with Gasteiger partial charge in [-0.25, -0.2) is 9.79 Å². The van der Waals surface area contributed by atoms with Crippen LogP contribution in [0.3, 0.4) is 0 Å². The minimum absolute atomic E-state index is 0.313. The van der Waals surface area contributed by atoms with E-state index >= 15 is 0 Å². The number of carbonyl (C=O) groups excluding carboxylic acids is 1. The number of halogens is 1. The zero-order valence-electron chi connectivity index (χ0n) is 12.2. The number of carbonyl (C=O) groups is 1. The normalized spacial score (nSPS) is 20.0. The van der Waals surface area contributed by atoms with E-state index in [4.69, 9.17) is 16.3 Å². The Kier molecular flexibility index (Phi) is 4.27. The van der Waals surface area contributed by atoms with Crippen molar-refractivity contribution in [3.8, 4) is 0 Å². The molecule has 0 aliphatic carbocycles. The van der Waals surface area contributed by atoms with E-state index in [9.17, 15) is 4.79 Å². The Labute approximate surface area is 138 Å². The highest BCUT2D eigenvalue weighted by molar-refractivity contribution is 8.16. The van der Waals surface area contributed by atoms with E-state index in [-0.39, 0.29) is 12.0 Å². The summed E-state index contributed by atoms with van der Waals surface area (Å²) in [6.07, 6.45) is 1.92. The van der Waals surface area contributed by atoms with E-state index in [0.29, 0.717) is 22.9 Å². The van der Waals surface area contributed by atoms with E-state index in [2.05, 4.69) is 4.99 Å². The largest absolute Gasteiger partial charge is 0.463 e. The molecule has 0 aromatic heterocycles. The molecule has 0 saturated heterocycles. The molecular formula is C16H15ClN2O2S. The first-order valence-corrected chi connectivity index (χ1v) is 8.22. The maximum atomic E-state index is 12.4. The molecule has 4 nitrogen and oxygen atoms in total. The Hall–Kier alpha value is -1.72. The third-order valence-electron chi connectivity index (χ3n) is 3.52. The van der Waals surface area contributed by atoms with Crippen LogP contribution in [0, 0.1) is 0 Å². The fourth-order valence-corrected chi connectivity index (χ4v) is 3.60. The van der Waals surface area contributed by atoms with Gasteiger partial charge in [0.25, 0.3) is 0 Å². The number of hydrogen-bond donors (Lipinski definition) is 0. The number of aliphatic imine (C=N–C) groups is 1. The van der Waals surface area contributed by atoms with Gasteiger partial charge in [-0.05, 0) is 30.9 Å². The van der Waals surface area contributed by atoms with E-state index in [1.807, 2.05) is 47.7 Å². The Balaban J connectivity index is 2.14. The summed E-state index contributed by atoms with van der Waals surface area (Å²) in [5.41, 5.74) is 2.07. The third-order valence-corrected chi connectivity index (χ3v) is 4.63. The van der Waals surface area contributed by atoms with Crippen molar-refractivity contribution in [1.29, 1.82) is 0 Å². The van der Waals surface area contributed by atoms with Crippen LogP contribution in [0.5, 0.6) is 0 Å². The number of esters is 1. The lowest BCUT2D eigenvalue weighted by Crippen LogP contribution is -2.34. The summed E-state index contributed by atoms with van der Waals surface area (Å²) < 4.78 is 5.23. The van der Waals surface area contributed by atoms with Crippen LogP contribution in [0.25, 0.3) is 0 Å². The quantitative estimate of drug-likeness (QED) is 0.780. The summed E-state index contributed by atoms with van der Waals surface area (Å²) in [4.78, 5) is 18.9. The standard InChI is InChI=1S/C16H15ClN2O2S/c1-3-21-15(20)13-10(2)18-16-19(8-9-22-16)14(13)11-6-4-5-7-12(11)17/h4-9,14H,3H2,1-2H3. The minimum Gasteiger partial charge on any atom is -0.463 e. The Bertz CT molecular complexity index is 712. The average Bonchev–Trinajstić information content (AvgIpc) is 2.94. The fourth-order valence-electron chi connectivity index (χ4n) is 2.57. The van der Waals surface area contributed by atoms with Crippen LogP contribution in [-0.2, 0) is 9.53 Å². The maximum Gasteiger partial charge on any atom is 0.338 e. The third kappa shape index (κ3) is 2.55. The van der Waals surface area contributed by atoms with Crippen molar-refractivity contribution in [2.45, 2.75) is 19.9 Å². The molecule has 1 aromatic rings. The van der Waals surface area contributed by atoms with Crippen molar-refractivity contribution < 1.29 is 9.53 Å². The lowest BCUT2D eigenvalue weighted by molar-refractivity contribution is -0.139. The number of rotatable bonds is 3. The van der Waals surface area contributed by atoms with Gasteiger partial charge in [0.2, 0.25) is 0 Å². The minimum atomic E-state index is -0.349. The molecule has 0 fully saturated rings. The smallest absolute Gasteiger partial charge is 0.338 e. The number of thioether (sulfide) groups is 1. The van der Waals surface area contributed by atoms with Gasteiger partial charge in [0.1, 0.15) is 0 Å². The van der Waals surface area contributed by atoms with Gasteiger partial charge in [-0.15, -0.1) is 0 Å². The second kappa shape index (κ2) is 6.18. The summed E-state index contributed by atoms with van der Waals surface area (Å²) in [6, 6.07) is 7.23. The first-order chi connectivity index (χ1) is 10.6. The molecule has 1 atom stereocenters. The zero-order valence-corrected chi connectivity index (χ0v) is 13.8. The molecule has 0 amide bonds. The molecule has 3 rings (SSSR count). The van der Waals surface area contributed by atoms with Gasteiger partial charge in [0, 0.05) is 11.2 Å². The van der Waals surface area contributed by atoms with Crippen LogP contribution in [0.2, 0.25) is 5.02 Å². The van der Waals surface area contributed by atoms with Crippen molar-refractivity contribution in [1.82, 2.24) is 4.90 Å². The average molecular weight is 335 g/mol. The highest BCUT2D eigenvalue weighted by atomic mass is 35.5. The van der Waals surface area contributed by atoms with Gasteiger partial charge in [-0.2, -0.15) is 0 Å². The molecule has 1 aromatic carbocycles. The number of ether oxygens (including phenoxy) is 1. The SMILES string of the molecule is CCOC(=O)C1=C(C)N=C2SC=CN2C1c1ccccc1Cl. The lowest BCUT2D eigenvalue weighted by Gasteiger charge is -2.33. The molecule has 2 aliphatic rings. The molecule has 0 N–H and O–H groups in total. The molecule has 2 heterocycles. The first-order valence-electron chi connectivity index (χ1n) is 6.96. The zero-order chi connectivity index (χ0) is 15.7. The summed E-state index contributed by atoms with van der Waals surface area (Å²) in [5, 5.41) is 3.41. The number of allylic oxidation sites excluding steroid dienone is 1. The number of fused-ring (bicyclic) bond motifs is 1. The van der Waals surface area contributed by atoms with Gasteiger partial charge >= 0.3 is 5.97 Å². The molecule has 0 radical (unpaired) electrons. The fraction of sp³-hybridized carbons (Fsp3) is 0.250. The highest BCUT2D eigenvalue weighted by Crippen LogP contribution is 2.42. The summed E-state index contributed by atoms with van der Waals surface area (Å²) >= 11 is 7.90. The van der Waals surface area contributed by atoms with Crippen LogP contribution in [-0.4, -0.2) is 22.6 Å². The second-order valence-corrected chi connectivity index (χ2v) is 6.13. The van der Waals surface area contributed by atoms with E-state index in [0.717, 1.165) is 10.7 Å². The van der Waals surface area contributed by atoms with Crippen molar-refractivity contribution >= 4 is 34.5 Å². The van der Waals surface area contributed by atoms with Crippen LogP contribution in [0.1, 0.15) is 25.5 Å². The molecule has 2 aliphatic heterocycles. The summed E-state index contributed by atoms with van der Waals surface area (Å²) in [6.45, 7) is 3.95. The Morgan fingerprint density at radius 1 is 1.45 bits per heavy atom. The van der Waals surface area contributed by atoms with Crippen LogP contribution >= 0.6 is 23.4 Å². The number of nitrogens with zero attached hydrogens (tertiary/aromatic N) is 2. The second-order valence-electron chi connectivity index (χ2n) is 4.85. The predicted molar refractivity (Wildman–Crippen MR) is 89.5 cm³/mol. The van der Waals surface area contributed by atoms with Crippen LogP contribution in [0.15, 0.2) is 52.1 Å². The van der Waals surface area contributed by atoms with Crippen LogP contribution in [0.4, 0.5) is 0 Å². The molecule has 0 bridgehead atoms. The maximum absolute atomic E-state index is 12.4. The molecular weight excluding hydrogens is 320 g/mol. The summed E-state index contributed by atoms with van der Waals surface area (Å²) in [5.74, 6) is -0.349. The number of amidine groups is 1. The molecule has 22 heavy (non-hydrogen) atoms. The number of hydrogen-bond acceptors (Lipinski definition) is 5. The van der Waals surface area contributed by atoms with Crippen molar-refractivity contribution in [2.75, 3.05) is 6.61 Å². The highest BCUT2D eigenvalue weighted by Gasteiger charge is 2.38. The van der Waals surface area contributed by atoms with Crippen molar-refractivity contribution in [2.24, 2.45) is 4.99 Å². The Morgan fingerprint density at radius 3 is 2.95 bits per heavy atom. The van der Waals surface area contributed by atoms with Gasteiger partial charge in [0.05, 0.1) is 23.9 Å². The molecule has 114 valence electrons. The number of benzene rings is 1. The predicted octanol–water partition coefficient (Wildman–Crippen LogP) is 4.11. The molecule has 6 heteroatoms. The van der Waals surface area contributed by atoms with Crippen molar-refractivity contribution in [3.05, 3.63) is 57.7 Å². The van der Waals surface area contributed by atoms with Gasteiger partial charge in [-0.3, -0.25) is 0 Å².